The number of fused-ring (bicyclic) bond motifs is 6. The number of amides is 4. The van der Waals surface area contributed by atoms with Gasteiger partial charge in [-0.05, 0) is 98.0 Å². The molecule has 4 amide bonds. The predicted octanol–water partition coefficient (Wildman–Crippen LogP) is 5.31. The number of aryl methyl sites for hydroxylation is 2. The van der Waals surface area contributed by atoms with Crippen LogP contribution in [0.2, 0.25) is 0 Å². The van der Waals surface area contributed by atoms with E-state index in [1.54, 1.807) is 31.2 Å². The fourth-order valence-electron chi connectivity index (χ4n) is 10.1. The van der Waals surface area contributed by atoms with Gasteiger partial charge in [0.2, 0.25) is 17.7 Å². The first-order chi connectivity index (χ1) is 31.4. The molecule has 0 radical (unpaired) electrons. The van der Waals surface area contributed by atoms with Crippen molar-refractivity contribution in [3.63, 3.8) is 0 Å². The van der Waals surface area contributed by atoms with E-state index in [-0.39, 0.29) is 55.7 Å². The number of nitrogens with one attached hydrogen (secondary N) is 2. The number of methoxy groups -OCH3 is 1. The second-order valence-electron chi connectivity index (χ2n) is 19.3. The minimum atomic E-state index is -1.16. The number of rotatable bonds is 10. The number of nitrogens with zero attached hydrogens (tertiary/aromatic N) is 6. The van der Waals surface area contributed by atoms with Gasteiger partial charge in [0.05, 0.1) is 36.2 Å². The number of hydrogen-bond acceptors (Lipinski definition) is 10. The lowest BCUT2D eigenvalue weighted by molar-refractivity contribution is -0.155. The minimum Gasteiger partial charge on any atom is -0.508 e. The summed E-state index contributed by atoms with van der Waals surface area (Å²) in [4.78, 5) is 72.4. The van der Waals surface area contributed by atoms with Gasteiger partial charge in [-0.15, -0.1) is 0 Å². The Kier molecular flexibility index (Phi) is 14.1. The maximum Gasteiger partial charge on any atom is 0.324 e. The first-order valence-corrected chi connectivity index (χ1v) is 23.1. The van der Waals surface area contributed by atoms with Crippen LogP contribution in [0, 0.1) is 17.3 Å². The summed E-state index contributed by atoms with van der Waals surface area (Å²) < 4.78 is 16.1. The number of hydrogen-bond donors (Lipinski definition) is 3. The summed E-state index contributed by atoms with van der Waals surface area (Å²) in [6, 6.07) is 8.50. The van der Waals surface area contributed by atoms with Gasteiger partial charge >= 0.3 is 5.97 Å². The van der Waals surface area contributed by atoms with Crippen LogP contribution < -0.4 is 10.7 Å². The van der Waals surface area contributed by atoms with Crippen molar-refractivity contribution in [3.05, 3.63) is 72.1 Å². The van der Waals surface area contributed by atoms with E-state index in [2.05, 4.69) is 59.9 Å². The lowest BCUT2D eigenvalue weighted by Crippen LogP contribution is -2.62. The molecule has 16 nitrogen and oxygen atoms in total. The molecule has 354 valence electrons. The molecule has 5 atom stereocenters. The molecule has 3 aliphatic heterocycles. The van der Waals surface area contributed by atoms with Crippen LogP contribution in [0.15, 0.2) is 55.3 Å². The van der Waals surface area contributed by atoms with E-state index in [1.807, 2.05) is 50.8 Å². The third-order valence-corrected chi connectivity index (χ3v) is 13.5. The van der Waals surface area contributed by atoms with Gasteiger partial charge in [0.25, 0.3) is 5.91 Å². The molecule has 3 N–H and O–H groups in total. The molecular formula is C50H66N8O8. The fraction of sp³-hybridized carbons (Fsp3) is 0.520. The quantitative estimate of drug-likeness (QED) is 0.140. The van der Waals surface area contributed by atoms with Crippen molar-refractivity contribution in [2.75, 3.05) is 40.4 Å². The van der Waals surface area contributed by atoms with Crippen LogP contribution >= 0.6 is 0 Å². The average molecular weight is 907 g/mol. The van der Waals surface area contributed by atoms with Crippen molar-refractivity contribution in [3.8, 4) is 28.1 Å². The third kappa shape index (κ3) is 9.61. The minimum absolute atomic E-state index is 0.0114. The highest BCUT2D eigenvalue weighted by Crippen LogP contribution is 2.42. The molecule has 2 fully saturated rings. The van der Waals surface area contributed by atoms with Crippen molar-refractivity contribution in [2.45, 2.75) is 104 Å². The number of benzene rings is 2. The predicted molar refractivity (Wildman–Crippen MR) is 251 cm³/mol. The van der Waals surface area contributed by atoms with Gasteiger partial charge in [-0.2, -0.15) is 5.10 Å². The van der Waals surface area contributed by atoms with Crippen molar-refractivity contribution < 1.29 is 38.6 Å². The maximum absolute atomic E-state index is 14.7. The Morgan fingerprint density at radius 2 is 1.86 bits per heavy atom. The van der Waals surface area contributed by atoms with Gasteiger partial charge in [0, 0.05) is 75.7 Å². The molecule has 2 saturated heterocycles. The van der Waals surface area contributed by atoms with Gasteiger partial charge in [0.15, 0.2) is 0 Å². The Bertz CT molecular complexity index is 2520. The SMILES string of the molecule is C=CC(=O)N1CC[C@H](C(=O)N(C)C(C(=O)N[C@H]2Cc3cc(O)cc(c3)-c3ccc4c(c3)c(c(-c3cnn(C)c3[C@H](C)OC)n4CC)CC(C)(C)COC(=O)[C@@H]3CCCN(N3)C2=O)C(C)C)C1. The van der Waals surface area contributed by atoms with E-state index in [0.717, 1.165) is 39.0 Å². The standard InChI is InChI=1S/C50H66N8O8/c1-11-42(60)56-19-17-33(27-56)47(62)54(8)43(29(3)4)46(61)52-40-22-31-20-34(23-35(59)21-31)32-15-16-41-36(24-32)37(45(57(41)12-2)38-26-51-55(9)44(38)30(5)65-10)25-50(6,7)28-66-49(64)39-14-13-18-58(53-39)48(40)63/h11,15-16,20-21,23-24,26,29-30,33,39-40,43,53,59H,1,12-14,17-19,22,25,27-28H2,2-10H3,(H,52,61)/t30-,33-,39-,40-,43?/m0/s1. The summed E-state index contributed by atoms with van der Waals surface area (Å²) in [6.45, 7) is 17.2. The summed E-state index contributed by atoms with van der Waals surface area (Å²) in [5.41, 5.74) is 9.65. The first kappa shape index (κ1) is 47.9. The first-order valence-electron chi connectivity index (χ1n) is 23.1. The van der Waals surface area contributed by atoms with Crippen LogP contribution in [0.3, 0.4) is 0 Å². The highest BCUT2D eigenvalue weighted by atomic mass is 16.5. The summed E-state index contributed by atoms with van der Waals surface area (Å²) >= 11 is 0. The zero-order valence-electron chi connectivity index (χ0n) is 39.8. The van der Waals surface area contributed by atoms with Crippen LogP contribution in [0.25, 0.3) is 33.3 Å². The Labute approximate surface area is 387 Å². The molecule has 0 saturated carbocycles. The maximum atomic E-state index is 14.7. The third-order valence-electron chi connectivity index (χ3n) is 13.5. The van der Waals surface area contributed by atoms with Crippen molar-refractivity contribution in [2.24, 2.45) is 24.3 Å². The molecule has 0 aliphatic carbocycles. The molecule has 1 unspecified atom stereocenters. The van der Waals surface area contributed by atoms with E-state index < -0.39 is 47.2 Å². The molecule has 16 heteroatoms. The number of carbonyl (C=O) groups is 5. The number of phenols is 1. The monoisotopic (exact) mass is 907 g/mol. The van der Waals surface area contributed by atoms with Gasteiger partial charge in [-0.25, -0.2) is 5.43 Å². The molecule has 2 aromatic heterocycles. The number of cyclic esters (lactones) is 1. The number of aromatic hydroxyl groups is 1. The van der Waals surface area contributed by atoms with E-state index in [1.165, 1.54) is 16.0 Å². The Hall–Kier alpha value is -6.00. The average Bonchev–Trinajstić information content (AvgIpc) is 4.02. The molecule has 4 aromatic rings. The lowest BCUT2D eigenvalue weighted by atomic mass is 9.84. The highest BCUT2D eigenvalue weighted by Gasteiger charge is 2.40. The van der Waals surface area contributed by atoms with Gasteiger partial charge in [-0.3, -0.25) is 33.7 Å². The lowest BCUT2D eigenvalue weighted by Gasteiger charge is -2.37. The van der Waals surface area contributed by atoms with E-state index >= 15 is 0 Å². The molecule has 7 rings (SSSR count). The van der Waals surface area contributed by atoms with Crippen LogP contribution in [-0.2, 0) is 59.9 Å². The van der Waals surface area contributed by atoms with Crippen LogP contribution in [-0.4, -0.2) is 122 Å². The van der Waals surface area contributed by atoms with Crippen LogP contribution in [0.4, 0.5) is 0 Å². The van der Waals surface area contributed by atoms with Crippen molar-refractivity contribution >= 4 is 40.5 Å². The van der Waals surface area contributed by atoms with Crippen LogP contribution in [0.5, 0.6) is 5.75 Å². The molecule has 66 heavy (non-hydrogen) atoms. The number of likely N-dealkylation sites (N-methyl/N-ethyl adjacent to an activating group) is 1. The van der Waals surface area contributed by atoms with Gasteiger partial charge in [0.1, 0.15) is 23.9 Å². The van der Waals surface area contributed by atoms with Crippen molar-refractivity contribution in [1.82, 2.24) is 39.9 Å². The summed E-state index contributed by atoms with van der Waals surface area (Å²) in [6.07, 6.45) is 4.79. The number of likely N-dealkylation sites (tertiary alicyclic amines) is 1. The van der Waals surface area contributed by atoms with E-state index in [0.29, 0.717) is 49.9 Å². The second kappa shape index (κ2) is 19.5. The number of esters is 1. The number of ether oxygens (including phenoxy) is 2. The van der Waals surface area contributed by atoms with Gasteiger partial charge in [-0.1, -0.05) is 46.4 Å². The molecule has 3 aliphatic rings. The zero-order valence-corrected chi connectivity index (χ0v) is 39.8. The zero-order chi connectivity index (χ0) is 47.8. The van der Waals surface area contributed by atoms with Crippen LogP contribution in [0.1, 0.15) is 83.7 Å². The molecule has 0 spiro atoms. The number of aromatic nitrogens is 3. The van der Waals surface area contributed by atoms with Crippen molar-refractivity contribution in [1.29, 1.82) is 0 Å². The number of hydrazine groups is 1. The second-order valence-corrected chi connectivity index (χ2v) is 19.3. The Morgan fingerprint density at radius 1 is 1.11 bits per heavy atom. The Balaban J connectivity index is 1.31. The molecule has 6 bridgehead atoms. The molecule has 5 heterocycles. The Morgan fingerprint density at radius 3 is 2.56 bits per heavy atom. The summed E-state index contributed by atoms with van der Waals surface area (Å²) in [5.74, 6) is -2.87. The molecule has 2 aromatic carbocycles. The van der Waals surface area contributed by atoms with Gasteiger partial charge < -0.3 is 34.3 Å². The number of carbonyl (C=O) groups excluding carboxylic acids is 5. The fourth-order valence-corrected chi connectivity index (χ4v) is 10.1. The largest absolute Gasteiger partial charge is 0.508 e. The van der Waals surface area contributed by atoms with E-state index in [9.17, 15) is 29.1 Å². The molecular weight excluding hydrogens is 841 g/mol. The number of phenolic OH excluding ortho intramolecular Hbond substituents is 1. The topological polar surface area (TPSA) is 181 Å². The smallest absolute Gasteiger partial charge is 0.324 e. The summed E-state index contributed by atoms with van der Waals surface area (Å²) in [7, 11) is 5.17. The summed E-state index contributed by atoms with van der Waals surface area (Å²) in [5, 5.41) is 21.4. The highest BCUT2D eigenvalue weighted by molar-refractivity contribution is 5.96. The normalized spacial score (nSPS) is 21.0. The van der Waals surface area contributed by atoms with E-state index in [4.69, 9.17) is 9.47 Å².